The normalized spacial score (nSPS) is 11.0. The molecule has 9 heteroatoms. The maximum absolute atomic E-state index is 11.2. The molecule has 2 radical (unpaired) electrons. The van der Waals surface area contributed by atoms with Crippen LogP contribution in [0.3, 0.4) is 0 Å². The van der Waals surface area contributed by atoms with Crippen molar-refractivity contribution in [2.24, 2.45) is 0 Å². The van der Waals surface area contributed by atoms with E-state index in [4.69, 9.17) is 9.47 Å². The first-order chi connectivity index (χ1) is 15.0. The number of nitro benzene ring substituents is 2. The largest absolute Gasteiger partial charge is 0.495 e. The zero-order valence-corrected chi connectivity index (χ0v) is 17.3. The van der Waals surface area contributed by atoms with Crippen molar-refractivity contribution in [1.29, 1.82) is 0 Å². The highest BCUT2D eigenvalue weighted by Gasteiger charge is 2.15. The fourth-order valence-electron chi connectivity index (χ4n) is 2.75. The third-order valence-electron chi connectivity index (χ3n) is 4.23. The predicted octanol–water partition coefficient (Wildman–Crippen LogP) is 4.07. The van der Waals surface area contributed by atoms with E-state index in [0.717, 1.165) is 5.19 Å². The minimum absolute atomic E-state index is 0.00232. The third-order valence-corrected chi connectivity index (χ3v) is 5.36. The first kappa shape index (κ1) is 21.7. The van der Waals surface area contributed by atoms with Crippen LogP contribution in [0, 0.1) is 20.2 Å². The summed E-state index contributed by atoms with van der Waals surface area (Å²) in [6, 6.07) is 22.3. The summed E-state index contributed by atoms with van der Waals surface area (Å²) < 4.78 is 11.4. The van der Waals surface area contributed by atoms with Gasteiger partial charge >= 0.3 is 0 Å². The Bertz CT molecular complexity index is 1090. The molecule has 0 spiro atoms. The quantitative estimate of drug-likeness (QED) is 0.206. The van der Waals surface area contributed by atoms with Crippen molar-refractivity contribution < 1.29 is 19.3 Å². The molecule has 0 aliphatic carbocycles. The van der Waals surface area contributed by atoms with Crippen LogP contribution in [0.25, 0.3) is 0 Å². The third kappa shape index (κ3) is 6.25. The molecule has 0 saturated carbocycles. The molecule has 3 rings (SSSR count). The zero-order valence-electron chi connectivity index (χ0n) is 16.3. The molecule has 0 fully saturated rings. The van der Waals surface area contributed by atoms with Crippen LogP contribution >= 0.6 is 0 Å². The SMILES string of the molecule is O=[N+]([O-])c1ccccc1COC=C(OCc1ccccc1[N+](=O)[O-])[Si]c1ccccc1. The molecule has 31 heavy (non-hydrogen) atoms. The summed E-state index contributed by atoms with van der Waals surface area (Å²) in [5.74, 6) is 0. The van der Waals surface area contributed by atoms with Crippen molar-refractivity contribution in [1.82, 2.24) is 0 Å². The van der Waals surface area contributed by atoms with Crippen LogP contribution in [0.4, 0.5) is 11.4 Å². The van der Waals surface area contributed by atoms with Crippen molar-refractivity contribution in [3.8, 4) is 0 Å². The molecule has 0 aliphatic rings. The van der Waals surface area contributed by atoms with Gasteiger partial charge in [-0.2, -0.15) is 0 Å². The molecule has 3 aromatic carbocycles. The molecule has 0 atom stereocenters. The Kier molecular flexibility index (Phi) is 7.49. The number of hydrogen-bond donors (Lipinski definition) is 0. The average Bonchev–Trinajstić information content (AvgIpc) is 2.78. The fraction of sp³-hybridized carbons (Fsp3) is 0.0909. The van der Waals surface area contributed by atoms with Crippen LogP contribution < -0.4 is 5.19 Å². The van der Waals surface area contributed by atoms with Crippen molar-refractivity contribution in [2.45, 2.75) is 13.2 Å². The van der Waals surface area contributed by atoms with Gasteiger partial charge in [-0.3, -0.25) is 20.2 Å². The number of nitrogens with zero attached hydrogens (tertiary/aromatic N) is 2. The zero-order chi connectivity index (χ0) is 22.1. The lowest BCUT2D eigenvalue weighted by Gasteiger charge is -2.11. The van der Waals surface area contributed by atoms with E-state index in [-0.39, 0.29) is 34.1 Å². The average molecular weight is 434 g/mol. The monoisotopic (exact) mass is 434 g/mol. The molecule has 0 heterocycles. The van der Waals surface area contributed by atoms with Crippen LogP contribution in [0.15, 0.2) is 90.5 Å². The Labute approximate surface area is 180 Å². The minimum atomic E-state index is -0.458. The van der Waals surface area contributed by atoms with Crippen LogP contribution in [-0.4, -0.2) is 19.4 Å². The van der Waals surface area contributed by atoms with Crippen molar-refractivity contribution in [2.75, 3.05) is 0 Å². The molecule has 3 aromatic rings. The molecule has 0 unspecified atom stereocenters. The van der Waals surface area contributed by atoms with Crippen LogP contribution in [-0.2, 0) is 22.7 Å². The Hall–Kier alpha value is -3.98. The number of ether oxygens (including phenoxy) is 2. The topological polar surface area (TPSA) is 105 Å². The van der Waals surface area contributed by atoms with Gasteiger partial charge in [0, 0.05) is 12.1 Å². The van der Waals surface area contributed by atoms with Crippen molar-refractivity contribution in [3.63, 3.8) is 0 Å². The van der Waals surface area contributed by atoms with E-state index in [0.29, 0.717) is 16.5 Å². The lowest BCUT2D eigenvalue weighted by atomic mass is 10.2. The molecule has 0 amide bonds. The molecule has 8 nitrogen and oxygen atoms in total. The molecule has 156 valence electrons. The Morgan fingerprint density at radius 1 is 0.774 bits per heavy atom. The van der Waals surface area contributed by atoms with Crippen LogP contribution in [0.1, 0.15) is 11.1 Å². The smallest absolute Gasteiger partial charge is 0.276 e. The maximum atomic E-state index is 11.2. The summed E-state index contributed by atoms with van der Waals surface area (Å²) in [5.41, 5.74) is 0.828. The van der Waals surface area contributed by atoms with Crippen LogP contribution in [0.5, 0.6) is 0 Å². The first-order valence-electron chi connectivity index (χ1n) is 9.26. The molecule has 0 N–H and O–H groups in total. The Balaban J connectivity index is 1.75. The highest BCUT2D eigenvalue weighted by atomic mass is 28.2. The second-order valence-corrected chi connectivity index (χ2v) is 7.66. The molecule has 0 aliphatic heterocycles. The van der Waals surface area contributed by atoms with E-state index in [1.54, 1.807) is 36.4 Å². The molecular weight excluding hydrogens is 416 g/mol. The van der Waals surface area contributed by atoms with Gasteiger partial charge in [-0.05, 0) is 12.1 Å². The molecular formula is C22H18N2O6Si. The minimum Gasteiger partial charge on any atom is -0.495 e. The number of benzene rings is 3. The molecule has 0 aromatic heterocycles. The van der Waals surface area contributed by atoms with Crippen molar-refractivity contribution >= 4 is 26.1 Å². The summed E-state index contributed by atoms with van der Waals surface area (Å²) in [7, 11) is 0.109. The van der Waals surface area contributed by atoms with E-state index in [2.05, 4.69) is 0 Å². The van der Waals surface area contributed by atoms with Gasteiger partial charge < -0.3 is 9.47 Å². The molecule has 0 saturated heterocycles. The number of rotatable bonds is 10. The number of nitro groups is 2. The van der Waals surface area contributed by atoms with Gasteiger partial charge in [0.1, 0.15) is 24.9 Å². The van der Waals surface area contributed by atoms with E-state index >= 15 is 0 Å². The standard InChI is InChI=1S/C22H18N2O6Si/c25-23(26)20-12-6-4-8-17(20)14-29-16-22(31-19-10-2-1-3-11-19)30-15-18-9-5-7-13-21(18)24(27)28/h1-13,16H,14-15H2. The highest BCUT2D eigenvalue weighted by molar-refractivity contribution is 6.60. The Morgan fingerprint density at radius 2 is 1.29 bits per heavy atom. The summed E-state index contributed by atoms with van der Waals surface area (Å²) in [6.45, 7) is -0.00751. The first-order valence-corrected chi connectivity index (χ1v) is 10.3. The van der Waals surface area contributed by atoms with E-state index in [9.17, 15) is 20.2 Å². The number of hydrogen-bond acceptors (Lipinski definition) is 6. The maximum Gasteiger partial charge on any atom is 0.276 e. The fourth-order valence-corrected chi connectivity index (χ4v) is 3.68. The second kappa shape index (κ2) is 10.7. The number of para-hydroxylation sites is 2. The summed E-state index contributed by atoms with van der Waals surface area (Å²) in [6.07, 6.45) is 1.41. The van der Waals surface area contributed by atoms with E-state index < -0.39 is 9.85 Å². The predicted molar refractivity (Wildman–Crippen MR) is 116 cm³/mol. The van der Waals surface area contributed by atoms with Gasteiger partial charge in [-0.1, -0.05) is 59.8 Å². The van der Waals surface area contributed by atoms with E-state index in [1.165, 1.54) is 18.4 Å². The summed E-state index contributed by atoms with van der Waals surface area (Å²) >= 11 is 0. The summed E-state index contributed by atoms with van der Waals surface area (Å²) in [5, 5.41) is 23.9. The van der Waals surface area contributed by atoms with Gasteiger partial charge in [0.05, 0.1) is 21.0 Å². The summed E-state index contributed by atoms with van der Waals surface area (Å²) in [4.78, 5) is 21.5. The van der Waals surface area contributed by atoms with Crippen LogP contribution in [0.2, 0.25) is 0 Å². The van der Waals surface area contributed by atoms with Gasteiger partial charge in [-0.15, -0.1) is 0 Å². The molecule has 0 bridgehead atoms. The van der Waals surface area contributed by atoms with Gasteiger partial charge in [0.25, 0.3) is 11.4 Å². The van der Waals surface area contributed by atoms with Gasteiger partial charge in [0.2, 0.25) is 0 Å². The second-order valence-electron chi connectivity index (χ2n) is 6.34. The van der Waals surface area contributed by atoms with E-state index in [1.807, 2.05) is 30.3 Å². The van der Waals surface area contributed by atoms with Gasteiger partial charge in [-0.25, -0.2) is 0 Å². The van der Waals surface area contributed by atoms with Gasteiger partial charge in [0.15, 0.2) is 9.52 Å². The highest BCUT2D eigenvalue weighted by Crippen LogP contribution is 2.21. The Morgan fingerprint density at radius 3 is 1.87 bits per heavy atom. The lowest BCUT2D eigenvalue weighted by Crippen LogP contribution is -2.18. The lowest BCUT2D eigenvalue weighted by molar-refractivity contribution is -0.386. The van der Waals surface area contributed by atoms with Crippen molar-refractivity contribution in [3.05, 3.63) is 122 Å².